The van der Waals surface area contributed by atoms with E-state index in [1.165, 1.54) is 0 Å². The predicted octanol–water partition coefficient (Wildman–Crippen LogP) is 2.66. The zero-order valence-electron chi connectivity index (χ0n) is 20.3. The van der Waals surface area contributed by atoms with Gasteiger partial charge in [-0.1, -0.05) is 48.5 Å². The van der Waals surface area contributed by atoms with Gasteiger partial charge in [-0.2, -0.15) is 0 Å². The maximum absolute atomic E-state index is 12.8. The third-order valence-corrected chi connectivity index (χ3v) is 5.66. The van der Waals surface area contributed by atoms with E-state index < -0.39 is 48.4 Å². The summed E-state index contributed by atoms with van der Waals surface area (Å²) < 4.78 is 11.4. The van der Waals surface area contributed by atoms with Crippen molar-refractivity contribution in [3.05, 3.63) is 59.7 Å². The number of hydrogen-bond donors (Lipinski definition) is 4. The van der Waals surface area contributed by atoms with Gasteiger partial charge in [-0.25, -0.2) is 9.59 Å². The van der Waals surface area contributed by atoms with Gasteiger partial charge in [-0.15, -0.1) is 0 Å². The molecular formula is C26H32N2O7. The Morgan fingerprint density at radius 2 is 1.54 bits per heavy atom. The van der Waals surface area contributed by atoms with Crippen molar-refractivity contribution in [2.75, 3.05) is 13.2 Å². The first-order valence-electron chi connectivity index (χ1n) is 11.5. The number of carbonyl (C=O) groups excluding carboxylic acids is 2. The van der Waals surface area contributed by atoms with Crippen LogP contribution in [0.5, 0.6) is 0 Å². The standard InChI is InChI=1S/C26H32N2O7/c1-15(35-26(2,3)4)22(23(30)27-13-21(29)24(31)32)28-25(33)34-14-20-18-11-7-5-9-16(18)17-10-6-8-12-19(17)20/h5-12,15,20-22,29H,13-14H2,1-4H3,(H,27,30)(H,28,33)(H,31,32)/t15-,21?,22+/m1/s1. The number of rotatable bonds is 9. The van der Waals surface area contributed by atoms with Crippen LogP contribution in [0.3, 0.4) is 0 Å². The predicted molar refractivity (Wildman–Crippen MR) is 129 cm³/mol. The first-order chi connectivity index (χ1) is 16.5. The first-order valence-corrected chi connectivity index (χ1v) is 11.5. The lowest BCUT2D eigenvalue weighted by Crippen LogP contribution is -2.55. The number of alkyl carbamates (subject to hydrolysis) is 1. The minimum atomic E-state index is -1.77. The number of carboxylic acids is 1. The number of carboxylic acid groups (broad SMARTS) is 1. The van der Waals surface area contributed by atoms with Gasteiger partial charge in [0, 0.05) is 5.92 Å². The lowest BCUT2D eigenvalue weighted by molar-refractivity contribution is -0.146. The van der Waals surface area contributed by atoms with Crippen molar-refractivity contribution in [3.8, 4) is 11.1 Å². The number of nitrogens with one attached hydrogen (secondary N) is 2. The van der Waals surface area contributed by atoms with Crippen molar-refractivity contribution < 1.29 is 34.1 Å². The van der Waals surface area contributed by atoms with Crippen LogP contribution >= 0.6 is 0 Å². The van der Waals surface area contributed by atoms with Gasteiger partial charge in [0.1, 0.15) is 12.6 Å². The van der Waals surface area contributed by atoms with Crippen molar-refractivity contribution in [3.63, 3.8) is 0 Å². The van der Waals surface area contributed by atoms with Gasteiger partial charge in [-0.05, 0) is 49.9 Å². The summed E-state index contributed by atoms with van der Waals surface area (Å²) in [6.45, 7) is 6.59. The van der Waals surface area contributed by atoms with Gasteiger partial charge in [0.25, 0.3) is 0 Å². The second kappa shape index (κ2) is 10.9. The molecule has 0 heterocycles. The normalized spacial score (nSPS) is 15.3. The third-order valence-electron chi connectivity index (χ3n) is 5.66. The Balaban J connectivity index is 1.69. The number of hydrogen-bond acceptors (Lipinski definition) is 6. The molecule has 0 aromatic heterocycles. The quantitative estimate of drug-likeness (QED) is 0.430. The molecule has 1 aliphatic rings. The van der Waals surface area contributed by atoms with E-state index in [0.717, 1.165) is 22.3 Å². The van der Waals surface area contributed by atoms with E-state index in [-0.39, 0.29) is 12.5 Å². The van der Waals surface area contributed by atoms with Crippen molar-refractivity contribution in [2.24, 2.45) is 0 Å². The molecule has 0 saturated carbocycles. The molecule has 4 N–H and O–H groups in total. The molecule has 2 amide bonds. The molecule has 9 heteroatoms. The monoisotopic (exact) mass is 484 g/mol. The largest absolute Gasteiger partial charge is 0.479 e. The SMILES string of the molecule is C[C@@H](OC(C)(C)C)[C@H](NC(=O)OCC1c2ccccc2-c2ccccc21)C(=O)NCC(O)C(=O)O. The number of carbonyl (C=O) groups is 3. The first kappa shape index (κ1) is 26.2. The number of aliphatic hydroxyl groups excluding tert-OH is 1. The zero-order valence-corrected chi connectivity index (χ0v) is 20.3. The number of aliphatic hydroxyl groups is 1. The molecule has 1 aliphatic carbocycles. The summed E-state index contributed by atoms with van der Waals surface area (Å²) in [6, 6.07) is 14.7. The van der Waals surface area contributed by atoms with Crippen LogP contribution in [-0.2, 0) is 19.1 Å². The summed E-state index contributed by atoms with van der Waals surface area (Å²) in [7, 11) is 0. The third kappa shape index (κ3) is 6.58. The van der Waals surface area contributed by atoms with E-state index in [1.807, 2.05) is 48.5 Å². The molecule has 9 nitrogen and oxygen atoms in total. The van der Waals surface area contributed by atoms with Crippen LogP contribution < -0.4 is 10.6 Å². The van der Waals surface area contributed by atoms with Crippen molar-refractivity contribution >= 4 is 18.0 Å². The van der Waals surface area contributed by atoms with Crippen LogP contribution in [-0.4, -0.2) is 65.2 Å². The lowest BCUT2D eigenvalue weighted by Gasteiger charge is -2.30. The summed E-state index contributed by atoms with van der Waals surface area (Å²) in [4.78, 5) is 36.3. The number of ether oxygens (including phenoxy) is 2. The minimum absolute atomic E-state index is 0.0699. The molecule has 1 unspecified atom stereocenters. The Bertz CT molecular complexity index is 1030. The van der Waals surface area contributed by atoms with E-state index in [9.17, 15) is 19.5 Å². The van der Waals surface area contributed by atoms with Crippen LogP contribution in [0.25, 0.3) is 11.1 Å². The van der Waals surface area contributed by atoms with Gasteiger partial charge in [0.05, 0.1) is 18.2 Å². The molecular weight excluding hydrogens is 452 g/mol. The van der Waals surface area contributed by atoms with Gasteiger partial charge < -0.3 is 30.3 Å². The van der Waals surface area contributed by atoms with Crippen LogP contribution in [0.15, 0.2) is 48.5 Å². The zero-order chi connectivity index (χ0) is 25.8. The van der Waals surface area contributed by atoms with Gasteiger partial charge >= 0.3 is 12.1 Å². The second-order valence-electron chi connectivity index (χ2n) is 9.48. The van der Waals surface area contributed by atoms with Crippen LogP contribution in [0.2, 0.25) is 0 Å². The Kier molecular flexibility index (Phi) is 8.14. The fourth-order valence-corrected chi connectivity index (χ4v) is 4.18. The summed E-state index contributed by atoms with van der Waals surface area (Å²) in [5.41, 5.74) is 3.70. The lowest BCUT2D eigenvalue weighted by atomic mass is 9.98. The average Bonchev–Trinajstić information content (AvgIpc) is 3.12. The van der Waals surface area contributed by atoms with Gasteiger partial charge in [-0.3, -0.25) is 4.79 Å². The molecule has 0 saturated heterocycles. The van der Waals surface area contributed by atoms with Crippen LogP contribution in [0.1, 0.15) is 44.7 Å². The summed E-state index contributed by atoms with van der Waals surface area (Å²) >= 11 is 0. The molecule has 188 valence electrons. The minimum Gasteiger partial charge on any atom is -0.479 e. The summed E-state index contributed by atoms with van der Waals surface area (Å²) in [5, 5.41) is 23.2. The number of aliphatic carboxylic acids is 1. The van der Waals surface area contributed by atoms with Gasteiger partial charge in [0.2, 0.25) is 5.91 Å². The Morgan fingerprint density at radius 3 is 2.06 bits per heavy atom. The van der Waals surface area contributed by atoms with E-state index in [0.29, 0.717) is 0 Å². The summed E-state index contributed by atoms with van der Waals surface area (Å²) in [5.74, 6) is -2.31. The highest BCUT2D eigenvalue weighted by molar-refractivity contribution is 5.87. The van der Waals surface area contributed by atoms with Crippen LogP contribution in [0, 0.1) is 0 Å². The maximum atomic E-state index is 12.8. The average molecular weight is 485 g/mol. The summed E-state index contributed by atoms with van der Waals surface area (Å²) in [6.07, 6.45) is -3.35. The second-order valence-corrected chi connectivity index (χ2v) is 9.48. The highest BCUT2D eigenvalue weighted by Crippen LogP contribution is 2.44. The fraction of sp³-hybridized carbons (Fsp3) is 0.423. The van der Waals surface area contributed by atoms with E-state index in [4.69, 9.17) is 14.6 Å². The molecule has 0 radical (unpaired) electrons. The Labute approximate surface area is 204 Å². The Morgan fingerprint density at radius 1 is 1.00 bits per heavy atom. The molecule has 35 heavy (non-hydrogen) atoms. The maximum Gasteiger partial charge on any atom is 0.407 e. The van der Waals surface area contributed by atoms with Crippen molar-refractivity contribution in [1.29, 1.82) is 0 Å². The van der Waals surface area contributed by atoms with E-state index in [2.05, 4.69) is 10.6 Å². The number of fused-ring (bicyclic) bond motifs is 3. The molecule has 2 aromatic rings. The molecule has 0 fully saturated rings. The number of benzene rings is 2. The van der Waals surface area contributed by atoms with Crippen molar-refractivity contribution in [2.45, 2.75) is 57.5 Å². The molecule has 3 atom stereocenters. The molecule has 2 aromatic carbocycles. The smallest absolute Gasteiger partial charge is 0.407 e. The number of amides is 2. The molecule has 3 rings (SSSR count). The Hall–Kier alpha value is -3.43. The van der Waals surface area contributed by atoms with Gasteiger partial charge in [0.15, 0.2) is 6.10 Å². The van der Waals surface area contributed by atoms with Crippen LogP contribution in [0.4, 0.5) is 4.79 Å². The highest BCUT2D eigenvalue weighted by atomic mass is 16.6. The van der Waals surface area contributed by atoms with E-state index >= 15 is 0 Å². The topological polar surface area (TPSA) is 134 Å². The fourth-order valence-electron chi connectivity index (χ4n) is 4.18. The van der Waals surface area contributed by atoms with E-state index in [1.54, 1.807) is 27.7 Å². The molecule has 0 spiro atoms. The molecule has 0 aliphatic heterocycles. The highest BCUT2D eigenvalue weighted by Gasteiger charge is 2.33. The van der Waals surface area contributed by atoms with Crippen molar-refractivity contribution in [1.82, 2.24) is 10.6 Å². The molecule has 0 bridgehead atoms.